The third-order valence-corrected chi connectivity index (χ3v) is 3.22. The van der Waals surface area contributed by atoms with Crippen LogP contribution in [0, 0.1) is 11.3 Å². The molecule has 0 aliphatic carbocycles. The second kappa shape index (κ2) is 3.79. The topological polar surface area (TPSA) is 57.9 Å². The molecular formula is C5H8ClNO2S. The Hall–Kier alpha value is -0.270. The van der Waals surface area contributed by atoms with E-state index in [-0.39, 0.29) is 6.42 Å². The van der Waals surface area contributed by atoms with Crippen LogP contribution >= 0.6 is 10.7 Å². The highest BCUT2D eigenvalue weighted by molar-refractivity contribution is 8.14. The molecule has 0 saturated carbocycles. The number of hydrogen-bond acceptors (Lipinski definition) is 3. The quantitative estimate of drug-likeness (QED) is 0.616. The van der Waals surface area contributed by atoms with Crippen LogP contribution in [0.15, 0.2) is 0 Å². The van der Waals surface area contributed by atoms with Gasteiger partial charge in [0.25, 0.3) is 0 Å². The van der Waals surface area contributed by atoms with Crippen molar-refractivity contribution in [2.24, 2.45) is 0 Å². The van der Waals surface area contributed by atoms with Crippen molar-refractivity contribution in [1.82, 2.24) is 0 Å². The van der Waals surface area contributed by atoms with Gasteiger partial charge in [0.1, 0.15) is 0 Å². The highest BCUT2D eigenvalue weighted by Gasteiger charge is 2.19. The number of rotatable bonds is 3. The normalized spacial score (nSPS) is 14.1. The molecule has 0 saturated heterocycles. The molecule has 0 N–H and O–H groups in total. The summed E-state index contributed by atoms with van der Waals surface area (Å²) in [6.07, 6.45) is 0.363. The zero-order valence-corrected chi connectivity index (χ0v) is 7.11. The smallest absolute Gasteiger partial charge is 0.212 e. The summed E-state index contributed by atoms with van der Waals surface area (Å²) in [5, 5.41) is 7.45. The van der Waals surface area contributed by atoms with E-state index in [1.165, 1.54) is 0 Å². The first-order valence-corrected chi connectivity index (χ1v) is 5.20. The molecule has 0 spiro atoms. The van der Waals surface area contributed by atoms with Crippen molar-refractivity contribution < 1.29 is 8.42 Å². The second-order valence-electron chi connectivity index (χ2n) is 1.87. The molecule has 0 amide bonds. The van der Waals surface area contributed by atoms with E-state index in [1.54, 1.807) is 13.0 Å². The van der Waals surface area contributed by atoms with Gasteiger partial charge in [0.15, 0.2) is 0 Å². The zero-order valence-electron chi connectivity index (χ0n) is 5.54. The van der Waals surface area contributed by atoms with Crippen LogP contribution in [-0.4, -0.2) is 13.7 Å². The highest BCUT2D eigenvalue weighted by Crippen LogP contribution is 2.13. The molecule has 1 unspecified atom stereocenters. The van der Waals surface area contributed by atoms with E-state index in [0.29, 0.717) is 6.42 Å². The van der Waals surface area contributed by atoms with Crippen LogP contribution in [0.1, 0.15) is 19.8 Å². The molecule has 5 heteroatoms. The van der Waals surface area contributed by atoms with Gasteiger partial charge in [0, 0.05) is 10.7 Å². The SMILES string of the molecule is CCC(CC#N)S(=O)(=O)Cl. The van der Waals surface area contributed by atoms with Crippen molar-refractivity contribution in [3.8, 4) is 6.07 Å². The summed E-state index contributed by atoms with van der Waals surface area (Å²) in [7, 11) is 1.47. The Labute approximate surface area is 65.0 Å². The maximum atomic E-state index is 10.6. The molecule has 0 bridgehead atoms. The summed E-state index contributed by atoms with van der Waals surface area (Å²) < 4.78 is 21.1. The van der Waals surface area contributed by atoms with Crippen LogP contribution in [0.3, 0.4) is 0 Å². The third-order valence-electron chi connectivity index (χ3n) is 1.17. The lowest BCUT2D eigenvalue weighted by atomic mass is 10.3. The van der Waals surface area contributed by atoms with Crippen LogP contribution in [0.4, 0.5) is 0 Å². The van der Waals surface area contributed by atoms with Gasteiger partial charge in [-0.15, -0.1) is 0 Å². The van der Waals surface area contributed by atoms with Crippen LogP contribution in [0.5, 0.6) is 0 Å². The van der Waals surface area contributed by atoms with E-state index in [1.807, 2.05) is 0 Å². The molecule has 3 nitrogen and oxygen atoms in total. The molecule has 0 aromatic heterocycles. The minimum atomic E-state index is -3.53. The summed E-state index contributed by atoms with van der Waals surface area (Å²) in [5.41, 5.74) is 0. The molecule has 0 fully saturated rings. The van der Waals surface area contributed by atoms with Crippen molar-refractivity contribution in [1.29, 1.82) is 5.26 Å². The third kappa shape index (κ3) is 3.04. The molecule has 0 heterocycles. The Balaban J connectivity index is 4.26. The lowest BCUT2D eigenvalue weighted by Gasteiger charge is -2.03. The molecular weight excluding hydrogens is 174 g/mol. The van der Waals surface area contributed by atoms with Crippen LogP contribution < -0.4 is 0 Å². The predicted molar refractivity (Wildman–Crippen MR) is 39.1 cm³/mol. The van der Waals surface area contributed by atoms with Crippen molar-refractivity contribution in [3.05, 3.63) is 0 Å². The van der Waals surface area contributed by atoms with E-state index < -0.39 is 14.3 Å². The first-order valence-electron chi connectivity index (χ1n) is 2.82. The van der Waals surface area contributed by atoms with Gasteiger partial charge in [-0.2, -0.15) is 5.26 Å². The average Bonchev–Trinajstić information content (AvgIpc) is 1.80. The van der Waals surface area contributed by atoms with Gasteiger partial charge in [-0.3, -0.25) is 0 Å². The lowest BCUT2D eigenvalue weighted by Crippen LogP contribution is -2.13. The Morgan fingerprint density at radius 2 is 2.20 bits per heavy atom. The van der Waals surface area contributed by atoms with E-state index in [9.17, 15) is 8.42 Å². The fourth-order valence-corrected chi connectivity index (χ4v) is 1.78. The first-order chi connectivity index (χ1) is 4.52. The maximum absolute atomic E-state index is 10.6. The number of halogens is 1. The first kappa shape index (κ1) is 9.73. The van der Waals surface area contributed by atoms with Gasteiger partial charge in [-0.1, -0.05) is 6.92 Å². The number of hydrogen-bond donors (Lipinski definition) is 0. The van der Waals surface area contributed by atoms with E-state index in [4.69, 9.17) is 15.9 Å². The van der Waals surface area contributed by atoms with Crippen molar-refractivity contribution in [3.63, 3.8) is 0 Å². The van der Waals surface area contributed by atoms with E-state index in [0.717, 1.165) is 0 Å². The largest absolute Gasteiger partial charge is 0.236 e. The van der Waals surface area contributed by atoms with Crippen molar-refractivity contribution >= 4 is 19.7 Å². The lowest BCUT2D eigenvalue weighted by molar-refractivity contribution is 0.591. The minimum Gasteiger partial charge on any atom is -0.212 e. The molecule has 1 atom stereocenters. The summed E-state index contributed by atoms with van der Waals surface area (Å²) in [5.74, 6) is 0. The van der Waals surface area contributed by atoms with Crippen molar-refractivity contribution in [2.75, 3.05) is 0 Å². The van der Waals surface area contributed by atoms with Crippen LogP contribution in [-0.2, 0) is 9.05 Å². The van der Waals surface area contributed by atoms with Gasteiger partial charge in [0.2, 0.25) is 9.05 Å². The highest BCUT2D eigenvalue weighted by atomic mass is 35.7. The van der Waals surface area contributed by atoms with E-state index >= 15 is 0 Å². The Morgan fingerprint density at radius 1 is 1.70 bits per heavy atom. The molecule has 0 aromatic rings. The molecule has 0 radical (unpaired) electrons. The molecule has 10 heavy (non-hydrogen) atoms. The molecule has 0 aromatic carbocycles. The van der Waals surface area contributed by atoms with Crippen molar-refractivity contribution in [2.45, 2.75) is 25.0 Å². The van der Waals surface area contributed by atoms with Gasteiger partial charge in [-0.25, -0.2) is 8.42 Å². The van der Waals surface area contributed by atoms with Gasteiger partial charge >= 0.3 is 0 Å². The predicted octanol–water partition coefficient (Wildman–Crippen LogP) is 1.25. The van der Waals surface area contributed by atoms with Gasteiger partial charge < -0.3 is 0 Å². The zero-order chi connectivity index (χ0) is 8.20. The van der Waals surface area contributed by atoms with E-state index in [2.05, 4.69) is 0 Å². The average molecular weight is 182 g/mol. The Kier molecular flexibility index (Phi) is 3.69. The molecule has 0 aliphatic heterocycles. The maximum Gasteiger partial charge on any atom is 0.236 e. The standard InChI is InChI=1S/C5H8ClNO2S/c1-2-5(3-4-7)10(6,8)9/h5H,2-3H2,1H3. The summed E-state index contributed by atoms with van der Waals surface area (Å²) in [6.45, 7) is 1.68. The summed E-state index contributed by atoms with van der Waals surface area (Å²) in [4.78, 5) is 0. The monoisotopic (exact) mass is 181 g/mol. The summed E-state index contributed by atoms with van der Waals surface area (Å²) >= 11 is 0. The number of nitriles is 1. The minimum absolute atomic E-state index is 0.0255. The molecule has 58 valence electrons. The fraction of sp³-hybridized carbons (Fsp3) is 0.800. The molecule has 0 aliphatic rings. The van der Waals surface area contributed by atoms with Gasteiger partial charge in [-0.05, 0) is 6.42 Å². The Morgan fingerprint density at radius 3 is 2.30 bits per heavy atom. The molecule has 0 rings (SSSR count). The second-order valence-corrected chi connectivity index (χ2v) is 4.78. The summed E-state index contributed by atoms with van der Waals surface area (Å²) in [6, 6.07) is 1.76. The Bertz CT molecular complexity index is 229. The number of nitrogens with zero attached hydrogens (tertiary/aromatic N) is 1. The van der Waals surface area contributed by atoms with Gasteiger partial charge in [0.05, 0.1) is 17.7 Å². The van der Waals surface area contributed by atoms with Crippen LogP contribution in [0.2, 0.25) is 0 Å². The van der Waals surface area contributed by atoms with Crippen LogP contribution in [0.25, 0.3) is 0 Å². The fourth-order valence-electron chi connectivity index (χ4n) is 0.545.